The first-order chi connectivity index (χ1) is 9.52. The number of Topliss-reactive ketones (excluding diaryl/α,β-unsaturated/α-hetero) is 1. The average molecular weight is 353 g/mol. The van der Waals surface area contributed by atoms with E-state index in [0.717, 1.165) is 0 Å². The minimum Gasteiger partial charge on any atom is -0.292 e. The lowest BCUT2D eigenvalue weighted by atomic mass is 9.92. The van der Waals surface area contributed by atoms with Crippen LogP contribution in [0.1, 0.15) is 21.8 Å². The van der Waals surface area contributed by atoms with E-state index in [-0.39, 0.29) is 5.78 Å². The Hall–Kier alpha value is -1.70. The number of benzene rings is 2. The number of halogens is 3. The zero-order valence-corrected chi connectivity index (χ0v) is 12.5. The number of carbonyl (C=O) groups is 1. The Kier molecular flexibility index (Phi) is 4.53. The van der Waals surface area contributed by atoms with Crippen molar-refractivity contribution in [3.8, 4) is 6.07 Å². The third-order valence-corrected chi connectivity index (χ3v) is 4.01. The lowest BCUT2D eigenvalue weighted by Crippen LogP contribution is -2.11. The van der Waals surface area contributed by atoms with Gasteiger partial charge in [-0.3, -0.25) is 4.79 Å². The van der Waals surface area contributed by atoms with Crippen molar-refractivity contribution in [2.75, 3.05) is 0 Å². The molecule has 0 aromatic heterocycles. The van der Waals surface area contributed by atoms with Gasteiger partial charge in [-0.15, -0.1) is 0 Å². The van der Waals surface area contributed by atoms with Crippen LogP contribution in [-0.2, 0) is 0 Å². The SMILES string of the molecule is N#CC(C(=O)c1ccc(Cl)c(Br)c1)c1ccc(F)cc1. The highest BCUT2D eigenvalue weighted by atomic mass is 79.9. The van der Waals surface area contributed by atoms with E-state index in [1.54, 1.807) is 18.2 Å². The molecule has 0 fully saturated rings. The summed E-state index contributed by atoms with van der Waals surface area (Å²) in [5, 5.41) is 9.69. The number of hydrogen-bond donors (Lipinski definition) is 0. The molecule has 2 rings (SSSR count). The molecule has 2 aromatic rings. The lowest BCUT2D eigenvalue weighted by Gasteiger charge is -2.09. The molecule has 0 aliphatic carbocycles. The third kappa shape index (κ3) is 3.06. The van der Waals surface area contributed by atoms with E-state index in [1.165, 1.54) is 24.3 Å². The van der Waals surface area contributed by atoms with Crippen molar-refractivity contribution in [2.24, 2.45) is 0 Å². The molecule has 0 radical (unpaired) electrons. The number of ketones is 1. The number of hydrogen-bond acceptors (Lipinski definition) is 2. The molecule has 0 saturated carbocycles. The van der Waals surface area contributed by atoms with Gasteiger partial charge >= 0.3 is 0 Å². The Labute approximate surface area is 128 Å². The fraction of sp³-hybridized carbons (Fsp3) is 0.0667. The summed E-state index contributed by atoms with van der Waals surface area (Å²) in [6.45, 7) is 0. The zero-order valence-electron chi connectivity index (χ0n) is 10.1. The molecule has 1 unspecified atom stereocenters. The predicted octanol–water partition coefficient (Wildman–Crippen LogP) is 4.73. The van der Waals surface area contributed by atoms with Crippen molar-refractivity contribution < 1.29 is 9.18 Å². The Morgan fingerprint density at radius 1 is 1.25 bits per heavy atom. The molecule has 2 aromatic carbocycles. The maximum atomic E-state index is 12.9. The lowest BCUT2D eigenvalue weighted by molar-refractivity contribution is 0.0979. The third-order valence-electron chi connectivity index (χ3n) is 2.80. The van der Waals surface area contributed by atoms with Gasteiger partial charge in [-0.05, 0) is 51.8 Å². The van der Waals surface area contributed by atoms with E-state index in [2.05, 4.69) is 15.9 Å². The highest BCUT2D eigenvalue weighted by molar-refractivity contribution is 9.10. The van der Waals surface area contributed by atoms with Crippen molar-refractivity contribution in [2.45, 2.75) is 5.92 Å². The van der Waals surface area contributed by atoms with Gasteiger partial charge in [0.15, 0.2) is 5.78 Å². The van der Waals surface area contributed by atoms with Crippen LogP contribution in [0.5, 0.6) is 0 Å². The molecule has 0 aliphatic rings. The van der Waals surface area contributed by atoms with Crippen molar-refractivity contribution in [3.63, 3.8) is 0 Å². The summed E-state index contributed by atoms with van der Waals surface area (Å²) in [7, 11) is 0. The molecule has 100 valence electrons. The molecule has 0 aliphatic heterocycles. The van der Waals surface area contributed by atoms with Gasteiger partial charge < -0.3 is 0 Å². The van der Waals surface area contributed by atoms with Crippen molar-refractivity contribution in [1.29, 1.82) is 5.26 Å². The molecule has 0 saturated heterocycles. The summed E-state index contributed by atoms with van der Waals surface area (Å²) in [5.74, 6) is -1.73. The number of carbonyl (C=O) groups excluding carboxylic acids is 1. The van der Waals surface area contributed by atoms with Gasteiger partial charge in [0.1, 0.15) is 11.7 Å². The highest BCUT2D eigenvalue weighted by Gasteiger charge is 2.22. The normalized spacial score (nSPS) is 11.7. The molecule has 0 heterocycles. The molecule has 0 N–H and O–H groups in total. The number of nitriles is 1. The Balaban J connectivity index is 2.36. The summed E-state index contributed by atoms with van der Waals surface area (Å²) in [4.78, 5) is 12.3. The van der Waals surface area contributed by atoms with Gasteiger partial charge in [-0.1, -0.05) is 23.7 Å². The molecule has 0 spiro atoms. The first kappa shape index (κ1) is 14.7. The maximum Gasteiger partial charge on any atom is 0.184 e. The van der Waals surface area contributed by atoms with E-state index in [9.17, 15) is 14.4 Å². The number of rotatable bonds is 3. The Morgan fingerprint density at radius 2 is 1.90 bits per heavy atom. The van der Waals surface area contributed by atoms with Crippen molar-refractivity contribution >= 4 is 33.3 Å². The van der Waals surface area contributed by atoms with Gasteiger partial charge in [0.25, 0.3) is 0 Å². The topological polar surface area (TPSA) is 40.9 Å². The van der Waals surface area contributed by atoms with Gasteiger partial charge in [-0.25, -0.2) is 4.39 Å². The van der Waals surface area contributed by atoms with E-state index >= 15 is 0 Å². The molecule has 2 nitrogen and oxygen atoms in total. The summed E-state index contributed by atoms with van der Waals surface area (Å²) < 4.78 is 13.5. The van der Waals surface area contributed by atoms with Gasteiger partial charge in [0, 0.05) is 10.0 Å². The van der Waals surface area contributed by atoms with Crippen LogP contribution in [0.25, 0.3) is 0 Å². The zero-order chi connectivity index (χ0) is 14.7. The van der Waals surface area contributed by atoms with Crippen LogP contribution in [0.4, 0.5) is 4.39 Å². The fourth-order valence-corrected chi connectivity index (χ4v) is 2.25. The quantitative estimate of drug-likeness (QED) is 0.749. The first-order valence-corrected chi connectivity index (χ1v) is 6.84. The molecule has 1 atom stereocenters. The largest absolute Gasteiger partial charge is 0.292 e. The van der Waals surface area contributed by atoms with Crippen LogP contribution in [-0.4, -0.2) is 5.78 Å². The Bertz CT molecular complexity index is 694. The minimum absolute atomic E-state index is 0.350. The van der Waals surface area contributed by atoms with E-state index in [4.69, 9.17) is 11.6 Å². The van der Waals surface area contributed by atoms with Crippen LogP contribution < -0.4 is 0 Å². The average Bonchev–Trinajstić information content (AvgIpc) is 2.44. The molecular weight excluding hydrogens is 345 g/mol. The smallest absolute Gasteiger partial charge is 0.184 e. The van der Waals surface area contributed by atoms with Gasteiger partial charge in [0.05, 0.1) is 11.1 Å². The van der Waals surface area contributed by atoms with Crippen molar-refractivity contribution in [3.05, 3.63) is 68.9 Å². The van der Waals surface area contributed by atoms with Crippen LogP contribution >= 0.6 is 27.5 Å². The Morgan fingerprint density at radius 3 is 2.45 bits per heavy atom. The highest BCUT2D eigenvalue weighted by Crippen LogP contribution is 2.27. The van der Waals surface area contributed by atoms with E-state index < -0.39 is 11.7 Å². The minimum atomic E-state index is -0.969. The standard InChI is InChI=1S/C15H8BrClFNO/c16-13-7-10(3-6-14(13)17)15(20)12(8-19)9-1-4-11(18)5-2-9/h1-7,12H. The first-order valence-electron chi connectivity index (χ1n) is 5.67. The van der Waals surface area contributed by atoms with Crippen LogP contribution in [0.3, 0.4) is 0 Å². The van der Waals surface area contributed by atoms with Crippen LogP contribution in [0.2, 0.25) is 5.02 Å². The molecule has 5 heteroatoms. The summed E-state index contributed by atoms with van der Waals surface area (Å²) in [5.41, 5.74) is 0.835. The summed E-state index contributed by atoms with van der Waals surface area (Å²) >= 11 is 9.10. The fourth-order valence-electron chi connectivity index (χ4n) is 1.76. The number of nitrogens with zero attached hydrogens (tertiary/aromatic N) is 1. The second kappa shape index (κ2) is 6.17. The molecular formula is C15H8BrClFNO. The second-order valence-electron chi connectivity index (χ2n) is 4.11. The second-order valence-corrected chi connectivity index (χ2v) is 5.37. The maximum absolute atomic E-state index is 12.9. The summed E-state index contributed by atoms with van der Waals surface area (Å²) in [6.07, 6.45) is 0. The van der Waals surface area contributed by atoms with Crippen LogP contribution in [0, 0.1) is 17.1 Å². The predicted molar refractivity (Wildman–Crippen MR) is 78.2 cm³/mol. The molecule has 0 bridgehead atoms. The van der Waals surface area contributed by atoms with E-state index in [0.29, 0.717) is 20.6 Å². The van der Waals surface area contributed by atoms with Crippen LogP contribution in [0.15, 0.2) is 46.9 Å². The summed E-state index contributed by atoms with van der Waals surface area (Å²) in [6, 6.07) is 12.0. The van der Waals surface area contributed by atoms with Crippen molar-refractivity contribution in [1.82, 2.24) is 0 Å². The van der Waals surface area contributed by atoms with Gasteiger partial charge in [0.2, 0.25) is 0 Å². The monoisotopic (exact) mass is 351 g/mol. The molecule has 0 amide bonds. The molecule has 20 heavy (non-hydrogen) atoms. The van der Waals surface area contributed by atoms with E-state index in [1.807, 2.05) is 6.07 Å². The van der Waals surface area contributed by atoms with Gasteiger partial charge in [-0.2, -0.15) is 5.26 Å².